The maximum atomic E-state index is 3.44. The van der Waals surface area contributed by atoms with Crippen LogP contribution in [-0.2, 0) is 12.8 Å². The Kier molecular flexibility index (Phi) is 2.72. The van der Waals surface area contributed by atoms with E-state index in [0.717, 1.165) is 6.54 Å². The van der Waals surface area contributed by atoms with E-state index in [-0.39, 0.29) is 0 Å². The zero-order valence-corrected chi connectivity index (χ0v) is 10.1. The van der Waals surface area contributed by atoms with E-state index in [1.165, 1.54) is 36.1 Å². The van der Waals surface area contributed by atoms with Gasteiger partial charge in [-0.25, -0.2) is 0 Å². The Balaban J connectivity index is 2.04. The minimum absolute atomic E-state index is 0.437. The number of benzene rings is 1. The fourth-order valence-electron chi connectivity index (χ4n) is 2.01. The van der Waals surface area contributed by atoms with E-state index < -0.39 is 0 Å². The number of anilines is 1. The molecule has 0 fully saturated rings. The van der Waals surface area contributed by atoms with Gasteiger partial charge in [-0.05, 0) is 41.9 Å². The molecule has 1 heteroatoms. The average Bonchev–Trinajstić information content (AvgIpc) is 2.60. The van der Waals surface area contributed by atoms with Crippen LogP contribution < -0.4 is 5.32 Å². The Hall–Kier alpha value is -0.980. The van der Waals surface area contributed by atoms with Crippen LogP contribution in [0.3, 0.4) is 0 Å². The zero-order valence-electron chi connectivity index (χ0n) is 10.1. The first-order valence-electron chi connectivity index (χ1n) is 5.90. The fourth-order valence-corrected chi connectivity index (χ4v) is 2.01. The second-order valence-electron chi connectivity index (χ2n) is 5.73. The minimum atomic E-state index is 0.437. The number of nitrogens with one attached hydrogen (secondary N) is 1. The van der Waals surface area contributed by atoms with Crippen molar-refractivity contribution in [2.45, 2.75) is 40.0 Å². The van der Waals surface area contributed by atoms with Crippen LogP contribution in [0.2, 0.25) is 0 Å². The Morgan fingerprint density at radius 3 is 2.80 bits per heavy atom. The Bertz CT molecular complexity index is 347. The topological polar surface area (TPSA) is 12.0 Å². The Labute approximate surface area is 92.9 Å². The summed E-state index contributed by atoms with van der Waals surface area (Å²) in [5.41, 5.74) is 4.75. The molecule has 1 heterocycles. The number of aryl methyl sites for hydroxylation is 1. The highest BCUT2D eigenvalue weighted by Crippen LogP contribution is 2.26. The van der Waals surface area contributed by atoms with Crippen LogP contribution in [0.25, 0.3) is 0 Å². The fraction of sp³-hybridized carbons (Fsp3) is 0.571. The van der Waals surface area contributed by atoms with Gasteiger partial charge in [0, 0.05) is 12.2 Å². The van der Waals surface area contributed by atoms with Crippen molar-refractivity contribution in [3.8, 4) is 0 Å². The molecule has 1 aliphatic rings. The second-order valence-corrected chi connectivity index (χ2v) is 5.73. The molecule has 2 rings (SSSR count). The molecule has 0 aliphatic carbocycles. The second kappa shape index (κ2) is 3.88. The first-order chi connectivity index (χ1) is 7.04. The Morgan fingerprint density at radius 2 is 2.07 bits per heavy atom. The van der Waals surface area contributed by atoms with Gasteiger partial charge >= 0.3 is 0 Å². The summed E-state index contributed by atoms with van der Waals surface area (Å²) in [5, 5.41) is 3.44. The highest BCUT2D eigenvalue weighted by molar-refractivity contribution is 5.57. The molecule has 15 heavy (non-hydrogen) atoms. The first-order valence-corrected chi connectivity index (χ1v) is 5.90. The highest BCUT2D eigenvalue weighted by Gasteiger charge is 2.12. The summed E-state index contributed by atoms with van der Waals surface area (Å²) < 4.78 is 0. The third kappa shape index (κ3) is 2.74. The van der Waals surface area contributed by atoms with Crippen molar-refractivity contribution in [3.63, 3.8) is 0 Å². The van der Waals surface area contributed by atoms with Gasteiger partial charge in [-0.1, -0.05) is 32.9 Å². The molecule has 1 nitrogen and oxygen atoms in total. The standard InChI is InChI=1S/C14H21N/c1-14(2,3)8-6-11-4-5-12-7-9-15-13(12)10-11/h4-5,10,15H,6-9H2,1-3H3. The lowest BCUT2D eigenvalue weighted by atomic mass is 9.88. The highest BCUT2D eigenvalue weighted by atomic mass is 14.9. The van der Waals surface area contributed by atoms with E-state index in [1.54, 1.807) is 0 Å². The summed E-state index contributed by atoms with van der Waals surface area (Å²) in [5.74, 6) is 0. The molecule has 0 radical (unpaired) electrons. The molecular formula is C14H21N. The summed E-state index contributed by atoms with van der Waals surface area (Å²) in [6.45, 7) is 8.02. The number of fused-ring (bicyclic) bond motifs is 1. The summed E-state index contributed by atoms with van der Waals surface area (Å²) in [7, 11) is 0. The van der Waals surface area contributed by atoms with Crippen LogP contribution in [-0.4, -0.2) is 6.54 Å². The Morgan fingerprint density at radius 1 is 1.27 bits per heavy atom. The van der Waals surface area contributed by atoms with Gasteiger partial charge in [-0.2, -0.15) is 0 Å². The van der Waals surface area contributed by atoms with E-state index in [2.05, 4.69) is 44.3 Å². The molecule has 1 N–H and O–H groups in total. The van der Waals surface area contributed by atoms with Gasteiger partial charge in [0.1, 0.15) is 0 Å². The normalized spacial score (nSPS) is 14.9. The van der Waals surface area contributed by atoms with E-state index in [1.807, 2.05) is 0 Å². The zero-order chi connectivity index (χ0) is 10.9. The van der Waals surface area contributed by atoms with Crippen molar-refractivity contribution < 1.29 is 0 Å². The molecule has 0 spiro atoms. The molecule has 0 unspecified atom stereocenters. The lowest BCUT2D eigenvalue weighted by Crippen LogP contribution is -2.06. The predicted octanol–water partition coefficient (Wildman–Crippen LogP) is 3.63. The lowest BCUT2D eigenvalue weighted by molar-refractivity contribution is 0.378. The third-order valence-corrected chi connectivity index (χ3v) is 3.05. The quantitative estimate of drug-likeness (QED) is 0.774. The maximum absolute atomic E-state index is 3.44. The molecule has 1 aromatic rings. The SMILES string of the molecule is CC(C)(C)CCc1ccc2c(c1)NCC2. The average molecular weight is 203 g/mol. The number of hydrogen-bond acceptors (Lipinski definition) is 1. The summed E-state index contributed by atoms with van der Waals surface area (Å²) in [4.78, 5) is 0. The smallest absolute Gasteiger partial charge is 0.0376 e. The van der Waals surface area contributed by atoms with E-state index in [9.17, 15) is 0 Å². The van der Waals surface area contributed by atoms with Crippen molar-refractivity contribution in [1.29, 1.82) is 0 Å². The number of hydrogen-bond donors (Lipinski definition) is 1. The predicted molar refractivity (Wildman–Crippen MR) is 66.4 cm³/mol. The van der Waals surface area contributed by atoms with Crippen LogP contribution in [0, 0.1) is 5.41 Å². The van der Waals surface area contributed by atoms with Crippen LogP contribution in [0.1, 0.15) is 38.3 Å². The molecular weight excluding hydrogens is 182 g/mol. The summed E-state index contributed by atoms with van der Waals surface area (Å²) >= 11 is 0. The number of rotatable bonds is 2. The van der Waals surface area contributed by atoms with Crippen LogP contribution >= 0.6 is 0 Å². The lowest BCUT2D eigenvalue weighted by Gasteiger charge is -2.18. The molecule has 0 amide bonds. The molecule has 82 valence electrons. The molecule has 1 aliphatic heterocycles. The van der Waals surface area contributed by atoms with Crippen molar-refractivity contribution in [2.24, 2.45) is 5.41 Å². The minimum Gasteiger partial charge on any atom is -0.384 e. The van der Waals surface area contributed by atoms with E-state index in [0.29, 0.717) is 5.41 Å². The van der Waals surface area contributed by atoms with Gasteiger partial charge < -0.3 is 5.32 Å². The molecule has 0 saturated heterocycles. The van der Waals surface area contributed by atoms with Crippen LogP contribution in [0.5, 0.6) is 0 Å². The van der Waals surface area contributed by atoms with Gasteiger partial charge in [0.2, 0.25) is 0 Å². The van der Waals surface area contributed by atoms with Crippen molar-refractivity contribution >= 4 is 5.69 Å². The van der Waals surface area contributed by atoms with E-state index >= 15 is 0 Å². The maximum Gasteiger partial charge on any atom is 0.0376 e. The van der Waals surface area contributed by atoms with E-state index in [4.69, 9.17) is 0 Å². The largest absolute Gasteiger partial charge is 0.384 e. The van der Waals surface area contributed by atoms with Gasteiger partial charge in [-0.3, -0.25) is 0 Å². The molecule has 0 saturated carbocycles. The van der Waals surface area contributed by atoms with Gasteiger partial charge in [0.15, 0.2) is 0 Å². The first kappa shape index (κ1) is 10.5. The molecule has 0 aromatic heterocycles. The monoisotopic (exact) mass is 203 g/mol. The van der Waals surface area contributed by atoms with Crippen molar-refractivity contribution in [3.05, 3.63) is 29.3 Å². The van der Waals surface area contributed by atoms with Crippen molar-refractivity contribution in [1.82, 2.24) is 0 Å². The summed E-state index contributed by atoms with van der Waals surface area (Å²) in [6.07, 6.45) is 3.64. The van der Waals surface area contributed by atoms with Crippen LogP contribution in [0.4, 0.5) is 5.69 Å². The molecule has 0 bridgehead atoms. The van der Waals surface area contributed by atoms with Crippen LogP contribution in [0.15, 0.2) is 18.2 Å². The summed E-state index contributed by atoms with van der Waals surface area (Å²) in [6, 6.07) is 6.90. The molecule has 0 atom stereocenters. The van der Waals surface area contributed by atoms with Gasteiger partial charge in [-0.15, -0.1) is 0 Å². The van der Waals surface area contributed by atoms with Gasteiger partial charge in [0.05, 0.1) is 0 Å². The van der Waals surface area contributed by atoms with Gasteiger partial charge in [0.25, 0.3) is 0 Å². The molecule has 1 aromatic carbocycles. The van der Waals surface area contributed by atoms with Crippen molar-refractivity contribution in [2.75, 3.05) is 11.9 Å². The third-order valence-electron chi connectivity index (χ3n) is 3.05.